The number of carbonyl (C=O) groups excluding carboxylic acids is 1. The Labute approximate surface area is 184 Å². The summed E-state index contributed by atoms with van der Waals surface area (Å²) in [5.74, 6) is 0.272. The van der Waals surface area contributed by atoms with Gasteiger partial charge in [0.1, 0.15) is 4.90 Å². The molecule has 1 aromatic rings. The molecule has 0 bridgehead atoms. The summed E-state index contributed by atoms with van der Waals surface area (Å²) in [5, 5.41) is 0. The number of rotatable bonds is 10. The molecule has 0 saturated carbocycles. The van der Waals surface area contributed by atoms with E-state index in [2.05, 4.69) is 28.2 Å². The summed E-state index contributed by atoms with van der Waals surface area (Å²) in [6, 6.07) is 2.99. The van der Waals surface area contributed by atoms with Crippen molar-refractivity contribution in [2.45, 2.75) is 24.8 Å². The second kappa shape index (κ2) is 11.5. The molecular formula is C21H32N2O7S. The van der Waals surface area contributed by atoms with Crippen molar-refractivity contribution in [3.05, 3.63) is 23.8 Å². The van der Waals surface area contributed by atoms with Gasteiger partial charge in [-0.3, -0.25) is 4.90 Å². The third kappa shape index (κ3) is 7.20. The standard InChI is InChI=1S/C21H32N2O7S/c1-15(2)13-23-8-9-30-17(14-23)12-22-31(25,26)19-11-16(6-7-20(24)28-4)10-18(27-3)21(19)29-5/h6-7,10-11,15,17,22H,8-9,12-14H2,1-5H3/b7-6+. The van der Waals surface area contributed by atoms with Crippen molar-refractivity contribution in [3.8, 4) is 11.5 Å². The zero-order valence-electron chi connectivity index (χ0n) is 18.7. The van der Waals surface area contributed by atoms with Gasteiger partial charge in [-0.25, -0.2) is 17.9 Å². The quantitative estimate of drug-likeness (QED) is 0.418. The van der Waals surface area contributed by atoms with Gasteiger partial charge in [-0.2, -0.15) is 0 Å². The van der Waals surface area contributed by atoms with Crippen molar-refractivity contribution in [1.82, 2.24) is 9.62 Å². The van der Waals surface area contributed by atoms with E-state index in [0.29, 0.717) is 24.6 Å². The van der Waals surface area contributed by atoms with Gasteiger partial charge in [-0.1, -0.05) is 13.8 Å². The average Bonchev–Trinajstić information content (AvgIpc) is 2.75. The van der Waals surface area contributed by atoms with Gasteiger partial charge >= 0.3 is 5.97 Å². The Morgan fingerprint density at radius 1 is 1.29 bits per heavy atom. The van der Waals surface area contributed by atoms with Crippen LogP contribution in [0.5, 0.6) is 11.5 Å². The average molecular weight is 457 g/mol. The number of esters is 1. The topological polar surface area (TPSA) is 103 Å². The Morgan fingerprint density at radius 3 is 2.65 bits per heavy atom. The lowest BCUT2D eigenvalue weighted by Gasteiger charge is -2.33. The van der Waals surface area contributed by atoms with Crippen LogP contribution in [0.15, 0.2) is 23.1 Å². The zero-order chi connectivity index (χ0) is 23.0. The predicted molar refractivity (Wildman–Crippen MR) is 117 cm³/mol. The minimum absolute atomic E-state index is 0.0798. The third-order valence-corrected chi connectivity index (χ3v) is 6.15. The van der Waals surface area contributed by atoms with Crippen LogP contribution in [0.4, 0.5) is 0 Å². The lowest BCUT2D eigenvalue weighted by Crippen LogP contribution is -2.48. The van der Waals surface area contributed by atoms with E-state index in [1.807, 2.05) is 0 Å². The van der Waals surface area contributed by atoms with E-state index in [1.54, 1.807) is 6.07 Å². The molecular weight excluding hydrogens is 424 g/mol. The number of carbonyl (C=O) groups is 1. The zero-order valence-corrected chi connectivity index (χ0v) is 19.5. The molecule has 174 valence electrons. The first-order valence-electron chi connectivity index (χ1n) is 10.1. The molecule has 1 fully saturated rings. The molecule has 0 aliphatic carbocycles. The molecule has 1 aliphatic rings. The van der Waals surface area contributed by atoms with Gasteiger partial charge in [-0.15, -0.1) is 0 Å². The maximum Gasteiger partial charge on any atom is 0.330 e. The van der Waals surface area contributed by atoms with Crippen LogP contribution in [0.2, 0.25) is 0 Å². The first-order valence-corrected chi connectivity index (χ1v) is 11.5. The lowest BCUT2D eigenvalue weighted by atomic mass is 10.2. The van der Waals surface area contributed by atoms with Crippen LogP contribution in [0, 0.1) is 5.92 Å². The van der Waals surface area contributed by atoms with E-state index in [1.165, 1.54) is 39.5 Å². The SMILES string of the molecule is COC(=O)/C=C/c1cc(OC)c(OC)c(S(=O)(=O)NCC2CN(CC(C)C)CCO2)c1. The number of sulfonamides is 1. The fourth-order valence-electron chi connectivity index (χ4n) is 3.34. The second-order valence-corrected chi connectivity index (χ2v) is 9.34. The molecule has 1 aliphatic heterocycles. The largest absolute Gasteiger partial charge is 0.493 e. The first kappa shape index (κ1) is 25.1. The van der Waals surface area contributed by atoms with Crippen molar-refractivity contribution < 1.29 is 32.2 Å². The van der Waals surface area contributed by atoms with E-state index < -0.39 is 16.0 Å². The molecule has 0 aromatic heterocycles. The highest BCUT2D eigenvalue weighted by Crippen LogP contribution is 2.36. The van der Waals surface area contributed by atoms with Gasteiger partial charge in [0.25, 0.3) is 0 Å². The summed E-state index contributed by atoms with van der Waals surface area (Å²) in [7, 11) is 0.0962. The number of hydrogen-bond acceptors (Lipinski definition) is 8. The number of ether oxygens (including phenoxy) is 4. The Morgan fingerprint density at radius 2 is 2.03 bits per heavy atom. The molecule has 1 N–H and O–H groups in total. The molecule has 31 heavy (non-hydrogen) atoms. The molecule has 2 rings (SSSR count). The molecule has 0 spiro atoms. The molecule has 1 aromatic carbocycles. The van der Waals surface area contributed by atoms with Crippen LogP contribution in [-0.4, -0.2) is 79.5 Å². The highest BCUT2D eigenvalue weighted by molar-refractivity contribution is 7.89. The molecule has 9 nitrogen and oxygen atoms in total. The van der Waals surface area contributed by atoms with Crippen molar-refractivity contribution in [1.29, 1.82) is 0 Å². The molecule has 1 atom stereocenters. The summed E-state index contributed by atoms with van der Waals surface area (Å²) in [5.41, 5.74) is 0.445. The van der Waals surface area contributed by atoms with E-state index in [-0.39, 0.29) is 29.0 Å². The molecule has 10 heteroatoms. The van der Waals surface area contributed by atoms with Gasteiger partial charge in [0.05, 0.1) is 34.0 Å². The van der Waals surface area contributed by atoms with Crippen LogP contribution in [0.3, 0.4) is 0 Å². The fourth-order valence-corrected chi connectivity index (χ4v) is 4.62. The van der Waals surface area contributed by atoms with Crippen LogP contribution in [-0.2, 0) is 24.3 Å². The summed E-state index contributed by atoms with van der Waals surface area (Å²) in [4.78, 5) is 13.6. The summed E-state index contributed by atoms with van der Waals surface area (Å²) >= 11 is 0. The van der Waals surface area contributed by atoms with Crippen molar-refractivity contribution in [3.63, 3.8) is 0 Å². The molecule has 1 unspecified atom stereocenters. The van der Waals surface area contributed by atoms with Gasteiger partial charge in [0, 0.05) is 32.3 Å². The number of nitrogens with zero attached hydrogens (tertiary/aromatic N) is 1. The highest BCUT2D eigenvalue weighted by Gasteiger charge is 2.27. The Bertz CT molecular complexity index is 884. The van der Waals surface area contributed by atoms with E-state index in [4.69, 9.17) is 14.2 Å². The number of hydrogen-bond donors (Lipinski definition) is 1. The molecule has 0 radical (unpaired) electrons. The molecule has 0 amide bonds. The van der Waals surface area contributed by atoms with Gasteiger partial charge in [0.2, 0.25) is 10.0 Å². The van der Waals surface area contributed by atoms with E-state index >= 15 is 0 Å². The van der Waals surface area contributed by atoms with Crippen molar-refractivity contribution in [2.24, 2.45) is 5.92 Å². The third-order valence-electron chi connectivity index (χ3n) is 4.72. The highest BCUT2D eigenvalue weighted by atomic mass is 32.2. The van der Waals surface area contributed by atoms with Gasteiger partial charge in [0.15, 0.2) is 11.5 Å². The van der Waals surface area contributed by atoms with Crippen LogP contribution in [0.25, 0.3) is 6.08 Å². The summed E-state index contributed by atoms with van der Waals surface area (Å²) in [6.07, 6.45) is 2.39. The Hall–Kier alpha value is -2.14. The maximum absolute atomic E-state index is 13.1. The molecule has 1 saturated heterocycles. The lowest BCUT2D eigenvalue weighted by molar-refractivity contribution is -0.134. The Kier molecular flexibility index (Phi) is 9.30. The van der Waals surface area contributed by atoms with Crippen molar-refractivity contribution >= 4 is 22.1 Å². The fraction of sp³-hybridized carbons (Fsp3) is 0.571. The van der Waals surface area contributed by atoms with Crippen LogP contribution in [0.1, 0.15) is 19.4 Å². The molecule has 1 heterocycles. The van der Waals surface area contributed by atoms with Gasteiger partial charge < -0.3 is 18.9 Å². The van der Waals surface area contributed by atoms with E-state index in [9.17, 15) is 13.2 Å². The number of benzene rings is 1. The van der Waals surface area contributed by atoms with Crippen LogP contribution < -0.4 is 14.2 Å². The minimum atomic E-state index is -3.95. The van der Waals surface area contributed by atoms with Crippen molar-refractivity contribution in [2.75, 3.05) is 54.1 Å². The summed E-state index contributed by atoms with van der Waals surface area (Å²) < 4.78 is 49.7. The Balaban J connectivity index is 2.23. The van der Waals surface area contributed by atoms with Crippen LogP contribution >= 0.6 is 0 Å². The first-order chi connectivity index (χ1) is 14.7. The van der Waals surface area contributed by atoms with Gasteiger partial charge in [-0.05, 0) is 29.7 Å². The second-order valence-electron chi connectivity index (χ2n) is 7.61. The van der Waals surface area contributed by atoms with E-state index in [0.717, 1.165) is 13.1 Å². The smallest absolute Gasteiger partial charge is 0.330 e. The normalized spacial score (nSPS) is 17.8. The maximum atomic E-state index is 13.1. The minimum Gasteiger partial charge on any atom is -0.493 e. The summed E-state index contributed by atoms with van der Waals surface area (Å²) in [6.45, 7) is 7.41. The monoisotopic (exact) mass is 456 g/mol. The predicted octanol–water partition coefficient (Wildman–Crippen LogP) is 1.53. The number of nitrogens with one attached hydrogen (secondary N) is 1. The number of morpholine rings is 1. The number of methoxy groups -OCH3 is 3.